The average molecular weight is 237 g/mol. The molecule has 96 valence electrons. The van der Waals surface area contributed by atoms with Crippen molar-refractivity contribution in [3.63, 3.8) is 0 Å². The molecular formula is C15H24FN. The van der Waals surface area contributed by atoms with Crippen molar-refractivity contribution in [1.29, 1.82) is 0 Å². The number of likely N-dealkylation sites (N-methyl/N-ethyl adjacent to an activating group) is 1. The first-order chi connectivity index (χ1) is 7.92. The van der Waals surface area contributed by atoms with Gasteiger partial charge in [0.1, 0.15) is 5.82 Å². The van der Waals surface area contributed by atoms with Crippen molar-refractivity contribution < 1.29 is 4.39 Å². The molecule has 0 aliphatic rings. The van der Waals surface area contributed by atoms with E-state index in [9.17, 15) is 4.39 Å². The zero-order chi connectivity index (χ0) is 12.9. The summed E-state index contributed by atoms with van der Waals surface area (Å²) >= 11 is 0. The Kier molecular flexibility index (Phi) is 5.13. The van der Waals surface area contributed by atoms with E-state index in [0.717, 1.165) is 24.8 Å². The van der Waals surface area contributed by atoms with E-state index in [-0.39, 0.29) is 5.82 Å². The second-order valence-electron chi connectivity index (χ2n) is 5.88. The van der Waals surface area contributed by atoms with Crippen LogP contribution in [0.1, 0.15) is 39.2 Å². The second-order valence-corrected chi connectivity index (χ2v) is 5.88. The van der Waals surface area contributed by atoms with E-state index in [0.29, 0.717) is 11.5 Å². The minimum Gasteiger partial charge on any atom is -0.317 e. The van der Waals surface area contributed by atoms with Crippen LogP contribution < -0.4 is 5.32 Å². The molecule has 0 amide bonds. The van der Waals surface area contributed by atoms with Crippen molar-refractivity contribution in [3.05, 3.63) is 35.6 Å². The quantitative estimate of drug-likeness (QED) is 0.821. The van der Waals surface area contributed by atoms with Gasteiger partial charge in [-0.1, -0.05) is 39.0 Å². The molecule has 0 aliphatic heterocycles. The molecule has 0 heterocycles. The van der Waals surface area contributed by atoms with Crippen LogP contribution in [0, 0.1) is 11.2 Å². The molecule has 0 saturated carbocycles. The fourth-order valence-electron chi connectivity index (χ4n) is 1.89. The summed E-state index contributed by atoms with van der Waals surface area (Å²) in [6, 6.07) is 7.39. The molecule has 2 heteroatoms. The predicted octanol–water partition coefficient (Wildman–Crippen LogP) is 3.78. The van der Waals surface area contributed by atoms with E-state index >= 15 is 0 Å². The topological polar surface area (TPSA) is 12.0 Å². The van der Waals surface area contributed by atoms with Gasteiger partial charge in [0.2, 0.25) is 0 Å². The molecule has 0 fully saturated rings. The molecule has 1 rings (SSSR count). The van der Waals surface area contributed by atoms with Gasteiger partial charge in [-0.3, -0.25) is 0 Å². The van der Waals surface area contributed by atoms with Gasteiger partial charge in [0.25, 0.3) is 0 Å². The molecule has 0 saturated heterocycles. The maximum Gasteiger partial charge on any atom is 0.126 e. The lowest BCUT2D eigenvalue weighted by Gasteiger charge is -2.23. The van der Waals surface area contributed by atoms with Crippen LogP contribution in [0.25, 0.3) is 0 Å². The molecule has 0 spiro atoms. The number of hydrogen-bond acceptors (Lipinski definition) is 1. The highest BCUT2D eigenvalue weighted by Crippen LogP contribution is 2.22. The van der Waals surface area contributed by atoms with Gasteiger partial charge in [-0.2, -0.15) is 0 Å². The summed E-state index contributed by atoms with van der Waals surface area (Å²) < 4.78 is 13.5. The first kappa shape index (κ1) is 14.2. The lowest BCUT2D eigenvalue weighted by molar-refractivity contribution is 0.334. The van der Waals surface area contributed by atoms with E-state index in [1.54, 1.807) is 6.07 Å². The molecule has 0 bridgehead atoms. The maximum absolute atomic E-state index is 13.5. The van der Waals surface area contributed by atoms with Crippen LogP contribution in [-0.2, 0) is 6.42 Å². The van der Waals surface area contributed by atoms with E-state index in [1.165, 1.54) is 6.07 Å². The van der Waals surface area contributed by atoms with E-state index in [2.05, 4.69) is 26.1 Å². The Labute approximate surface area is 104 Å². The molecule has 1 aromatic rings. The van der Waals surface area contributed by atoms with E-state index < -0.39 is 0 Å². The summed E-state index contributed by atoms with van der Waals surface area (Å²) in [5.74, 6) is -0.0940. The molecule has 0 aromatic heterocycles. The number of benzene rings is 1. The van der Waals surface area contributed by atoms with Gasteiger partial charge in [0.05, 0.1) is 0 Å². The fourth-order valence-corrected chi connectivity index (χ4v) is 1.89. The summed E-state index contributed by atoms with van der Waals surface area (Å²) in [7, 11) is 1.95. The Morgan fingerprint density at radius 3 is 2.41 bits per heavy atom. The van der Waals surface area contributed by atoms with Crippen molar-refractivity contribution in [2.24, 2.45) is 5.41 Å². The van der Waals surface area contributed by atoms with Gasteiger partial charge in [0, 0.05) is 6.04 Å². The molecule has 1 N–H and O–H groups in total. The average Bonchev–Trinajstić information content (AvgIpc) is 2.25. The first-order valence-electron chi connectivity index (χ1n) is 6.33. The molecular weight excluding hydrogens is 213 g/mol. The second kappa shape index (κ2) is 6.15. The Morgan fingerprint density at radius 1 is 1.24 bits per heavy atom. The zero-order valence-corrected chi connectivity index (χ0v) is 11.4. The first-order valence-corrected chi connectivity index (χ1v) is 6.33. The lowest BCUT2D eigenvalue weighted by Crippen LogP contribution is -2.29. The normalized spacial score (nSPS) is 13.7. The highest BCUT2D eigenvalue weighted by molar-refractivity contribution is 5.18. The highest BCUT2D eigenvalue weighted by Gasteiger charge is 2.15. The SMILES string of the molecule is CNC(CCC(C)(C)C)Cc1ccccc1F. The Morgan fingerprint density at radius 2 is 1.88 bits per heavy atom. The summed E-state index contributed by atoms with van der Waals surface area (Å²) in [5, 5.41) is 3.28. The standard InChI is InChI=1S/C15H24FN/c1-15(2,3)10-9-13(17-4)11-12-7-5-6-8-14(12)16/h5-8,13,17H,9-11H2,1-4H3. The molecule has 1 atom stereocenters. The molecule has 0 aliphatic carbocycles. The summed E-state index contributed by atoms with van der Waals surface area (Å²) in [5.41, 5.74) is 1.14. The number of halogens is 1. The van der Waals surface area contributed by atoms with Crippen LogP contribution in [0.4, 0.5) is 4.39 Å². The minimum atomic E-state index is -0.0940. The monoisotopic (exact) mass is 237 g/mol. The van der Waals surface area contributed by atoms with Gasteiger partial charge in [-0.05, 0) is 43.4 Å². The third-order valence-corrected chi connectivity index (χ3v) is 3.08. The van der Waals surface area contributed by atoms with Gasteiger partial charge < -0.3 is 5.32 Å². The number of rotatable bonds is 5. The van der Waals surface area contributed by atoms with Crippen molar-refractivity contribution in [2.45, 2.75) is 46.1 Å². The van der Waals surface area contributed by atoms with Gasteiger partial charge in [0.15, 0.2) is 0 Å². The summed E-state index contributed by atoms with van der Waals surface area (Å²) in [4.78, 5) is 0. The molecule has 1 aromatic carbocycles. The molecule has 1 unspecified atom stereocenters. The molecule has 1 nitrogen and oxygen atoms in total. The fraction of sp³-hybridized carbons (Fsp3) is 0.600. The van der Waals surface area contributed by atoms with Gasteiger partial charge >= 0.3 is 0 Å². The van der Waals surface area contributed by atoms with Crippen LogP contribution in [0.2, 0.25) is 0 Å². The summed E-state index contributed by atoms with van der Waals surface area (Å²) in [6.45, 7) is 6.72. The summed E-state index contributed by atoms with van der Waals surface area (Å²) in [6.07, 6.45) is 2.99. The smallest absolute Gasteiger partial charge is 0.126 e. The number of nitrogens with one attached hydrogen (secondary N) is 1. The predicted molar refractivity (Wildman–Crippen MR) is 71.6 cm³/mol. The van der Waals surface area contributed by atoms with Crippen molar-refractivity contribution in [2.75, 3.05) is 7.05 Å². The highest BCUT2D eigenvalue weighted by atomic mass is 19.1. The van der Waals surface area contributed by atoms with Crippen molar-refractivity contribution in [1.82, 2.24) is 5.32 Å². The van der Waals surface area contributed by atoms with Crippen LogP contribution in [-0.4, -0.2) is 13.1 Å². The zero-order valence-electron chi connectivity index (χ0n) is 11.4. The third-order valence-electron chi connectivity index (χ3n) is 3.08. The van der Waals surface area contributed by atoms with Crippen molar-refractivity contribution in [3.8, 4) is 0 Å². The maximum atomic E-state index is 13.5. The minimum absolute atomic E-state index is 0.0940. The Balaban J connectivity index is 2.56. The lowest BCUT2D eigenvalue weighted by atomic mass is 9.87. The van der Waals surface area contributed by atoms with Crippen molar-refractivity contribution >= 4 is 0 Å². The van der Waals surface area contributed by atoms with E-state index in [1.807, 2.05) is 19.2 Å². The van der Waals surface area contributed by atoms with Crippen LogP contribution in [0.5, 0.6) is 0 Å². The van der Waals surface area contributed by atoms with Gasteiger partial charge in [-0.15, -0.1) is 0 Å². The Bertz CT molecular complexity index is 341. The van der Waals surface area contributed by atoms with Crippen LogP contribution >= 0.6 is 0 Å². The van der Waals surface area contributed by atoms with Crippen LogP contribution in [0.15, 0.2) is 24.3 Å². The molecule has 0 radical (unpaired) electrons. The van der Waals surface area contributed by atoms with E-state index in [4.69, 9.17) is 0 Å². The van der Waals surface area contributed by atoms with Gasteiger partial charge in [-0.25, -0.2) is 4.39 Å². The largest absolute Gasteiger partial charge is 0.317 e. The number of hydrogen-bond donors (Lipinski definition) is 1. The third kappa shape index (κ3) is 5.31. The van der Waals surface area contributed by atoms with Crippen LogP contribution in [0.3, 0.4) is 0 Å². The molecule has 17 heavy (non-hydrogen) atoms. The Hall–Kier alpha value is -0.890.